The Bertz CT molecular complexity index is 978. The summed E-state index contributed by atoms with van der Waals surface area (Å²) in [5, 5.41) is 11.0. The average molecular weight is 460 g/mol. The molecule has 1 heterocycles. The topological polar surface area (TPSA) is 90.4 Å². The fraction of sp³-hybridized carbons (Fsp3) is 0.304. The van der Waals surface area contributed by atoms with Gasteiger partial charge in [-0.1, -0.05) is 29.8 Å². The van der Waals surface area contributed by atoms with Crippen LogP contribution in [0.5, 0.6) is 5.75 Å². The minimum atomic E-state index is -0.573. The number of nitrogens with zero attached hydrogens (tertiary/aromatic N) is 2. The smallest absolute Gasteiger partial charge is 0.268 e. The number of aryl methyl sites for hydroxylation is 1. The zero-order chi connectivity index (χ0) is 22.1. The molecule has 0 spiro atoms. The SMILES string of the molecule is NC(=O)c1cn(C[C@@H](O)CCCc2ccccc2OCCSc2ccc(Cl)cc2)cn1. The molecule has 3 rings (SSSR count). The van der Waals surface area contributed by atoms with Crippen LogP contribution in [-0.2, 0) is 13.0 Å². The minimum absolute atomic E-state index is 0.201. The molecule has 3 aromatic rings. The van der Waals surface area contributed by atoms with Crippen molar-refractivity contribution in [1.82, 2.24) is 9.55 Å². The number of nitrogens with two attached hydrogens (primary N) is 1. The fourth-order valence-electron chi connectivity index (χ4n) is 3.14. The Morgan fingerprint density at radius 3 is 2.74 bits per heavy atom. The molecule has 0 saturated heterocycles. The molecule has 0 aliphatic carbocycles. The third-order valence-electron chi connectivity index (χ3n) is 4.69. The Morgan fingerprint density at radius 2 is 2.00 bits per heavy atom. The second-order valence-corrected chi connectivity index (χ2v) is 8.73. The van der Waals surface area contributed by atoms with Gasteiger partial charge < -0.3 is 20.1 Å². The van der Waals surface area contributed by atoms with E-state index in [1.165, 1.54) is 6.33 Å². The monoisotopic (exact) mass is 459 g/mol. The van der Waals surface area contributed by atoms with Gasteiger partial charge in [0.25, 0.3) is 5.91 Å². The number of primary amides is 1. The van der Waals surface area contributed by atoms with Gasteiger partial charge in [0.2, 0.25) is 0 Å². The maximum atomic E-state index is 11.1. The summed E-state index contributed by atoms with van der Waals surface area (Å²) in [6.45, 7) is 0.982. The van der Waals surface area contributed by atoms with Crippen molar-refractivity contribution >= 4 is 29.3 Å². The summed E-state index contributed by atoms with van der Waals surface area (Å²) in [6, 6.07) is 15.8. The van der Waals surface area contributed by atoms with Crippen LogP contribution in [0.3, 0.4) is 0 Å². The molecule has 0 aliphatic heterocycles. The first-order chi connectivity index (χ1) is 15.0. The van der Waals surface area contributed by atoms with Gasteiger partial charge in [-0.3, -0.25) is 4.79 Å². The fourth-order valence-corrected chi connectivity index (χ4v) is 4.00. The second-order valence-electron chi connectivity index (χ2n) is 7.12. The van der Waals surface area contributed by atoms with Crippen molar-refractivity contribution < 1.29 is 14.6 Å². The first-order valence-corrected chi connectivity index (χ1v) is 11.5. The number of aromatic nitrogens is 2. The number of hydrogen-bond acceptors (Lipinski definition) is 5. The zero-order valence-electron chi connectivity index (χ0n) is 17.1. The number of rotatable bonds is 12. The molecule has 1 amide bonds. The summed E-state index contributed by atoms with van der Waals surface area (Å²) in [6.07, 6.45) is 4.79. The summed E-state index contributed by atoms with van der Waals surface area (Å²) in [5.41, 5.74) is 6.53. The molecule has 8 heteroatoms. The van der Waals surface area contributed by atoms with E-state index < -0.39 is 12.0 Å². The van der Waals surface area contributed by atoms with Gasteiger partial charge in [-0.05, 0) is 55.2 Å². The lowest BCUT2D eigenvalue weighted by Crippen LogP contribution is -2.15. The number of carbonyl (C=O) groups excluding carboxylic acids is 1. The van der Waals surface area contributed by atoms with Crippen LogP contribution in [0.15, 0.2) is 66.0 Å². The van der Waals surface area contributed by atoms with Crippen molar-refractivity contribution in [3.63, 3.8) is 0 Å². The highest BCUT2D eigenvalue weighted by atomic mass is 35.5. The Balaban J connectivity index is 1.41. The Morgan fingerprint density at radius 1 is 1.23 bits per heavy atom. The number of imidazole rings is 1. The van der Waals surface area contributed by atoms with Crippen molar-refractivity contribution in [2.24, 2.45) is 5.73 Å². The molecule has 0 saturated carbocycles. The number of aliphatic hydroxyl groups is 1. The Labute approximate surface area is 191 Å². The second kappa shape index (κ2) is 11.8. The Kier molecular flexibility index (Phi) is 8.82. The maximum Gasteiger partial charge on any atom is 0.268 e. The van der Waals surface area contributed by atoms with E-state index in [1.54, 1.807) is 22.5 Å². The van der Waals surface area contributed by atoms with Crippen LogP contribution in [0.25, 0.3) is 0 Å². The molecule has 0 aliphatic rings. The highest BCUT2D eigenvalue weighted by molar-refractivity contribution is 7.99. The largest absolute Gasteiger partial charge is 0.492 e. The molecule has 1 aromatic heterocycles. The molecule has 164 valence electrons. The van der Waals surface area contributed by atoms with Crippen molar-refractivity contribution in [1.29, 1.82) is 0 Å². The van der Waals surface area contributed by atoms with Crippen LogP contribution < -0.4 is 10.5 Å². The highest BCUT2D eigenvalue weighted by Crippen LogP contribution is 2.23. The van der Waals surface area contributed by atoms with Crippen LogP contribution in [0.2, 0.25) is 5.02 Å². The molecular weight excluding hydrogens is 434 g/mol. The van der Waals surface area contributed by atoms with Gasteiger partial charge in [-0.15, -0.1) is 11.8 Å². The molecule has 6 nitrogen and oxygen atoms in total. The molecule has 2 aromatic carbocycles. The van der Waals surface area contributed by atoms with Gasteiger partial charge in [0.15, 0.2) is 0 Å². The first-order valence-electron chi connectivity index (χ1n) is 10.1. The minimum Gasteiger partial charge on any atom is -0.492 e. The van der Waals surface area contributed by atoms with Crippen LogP contribution in [0.4, 0.5) is 0 Å². The maximum absolute atomic E-state index is 11.1. The summed E-state index contributed by atoms with van der Waals surface area (Å²) in [4.78, 5) is 16.2. The summed E-state index contributed by atoms with van der Waals surface area (Å²) >= 11 is 7.64. The van der Waals surface area contributed by atoms with Crippen molar-refractivity contribution in [3.05, 3.63) is 77.3 Å². The summed E-state index contributed by atoms with van der Waals surface area (Å²) < 4.78 is 7.68. The number of amides is 1. The average Bonchev–Trinajstić information content (AvgIpc) is 3.22. The van der Waals surface area contributed by atoms with Gasteiger partial charge in [0, 0.05) is 28.4 Å². The number of ether oxygens (including phenoxy) is 1. The molecule has 3 N–H and O–H groups in total. The third kappa shape index (κ3) is 7.61. The van der Waals surface area contributed by atoms with Crippen LogP contribution in [-0.4, -0.2) is 39.0 Å². The quantitative estimate of drug-likeness (QED) is 0.313. The van der Waals surface area contributed by atoms with Crippen LogP contribution in [0.1, 0.15) is 28.9 Å². The standard InChI is InChI=1S/C23H26ClN3O3S/c24-18-8-10-20(11-9-18)31-13-12-30-22-7-2-1-4-17(22)5-3-6-19(28)14-27-15-21(23(25)29)26-16-27/h1-2,4,7-11,15-16,19,28H,3,5-6,12-14H2,(H2,25,29)/t19-/m0/s1. The number of para-hydroxylation sites is 1. The number of halogens is 1. The predicted octanol–water partition coefficient (Wildman–Crippen LogP) is 4.19. The first kappa shape index (κ1) is 23.2. The Hall–Kier alpha value is -2.48. The molecule has 0 unspecified atom stereocenters. The van der Waals surface area contributed by atoms with Gasteiger partial charge in [-0.2, -0.15) is 0 Å². The van der Waals surface area contributed by atoms with Crippen molar-refractivity contribution in [2.75, 3.05) is 12.4 Å². The van der Waals surface area contributed by atoms with Gasteiger partial charge in [0.05, 0.1) is 19.0 Å². The van der Waals surface area contributed by atoms with E-state index in [-0.39, 0.29) is 5.69 Å². The number of aliphatic hydroxyl groups excluding tert-OH is 1. The number of thioether (sulfide) groups is 1. The number of hydrogen-bond donors (Lipinski definition) is 2. The lowest BCUT2D eigenvalue weighted by Gasteiger charge is -2.13. The molecule has 0 bridgehead atoms. The molecule has 0 radical (unpaired) electrons. The van der Waals surface area contributed by atoms with E-state index in [2.05, 4.69) is 11.1 Å². The van der Waals surface area contributed by atoms with Crippen LogP contribution >= 0.6 is 23.4 Å². The van der Waals surface area contributed by atoms with Crippen molar-refractivity contribution in [3.8, 4) is 5.75 Å². The van der Waals surface area contributed by atoms with Gasteiger partial charge >= 0.3 is 0 Å². The zero-order valence-corrected chi connectivity index (χ0v) is 18.7. The summed E-state index contributed by atoms with van der Waals surface area (Å²) in [5.74, 6) is 1.15. The predicted molar refractivity (Wildman–Crippen MR) is 124 cm³/mol. The highest BCUT2D eigenvalue weighted by Gasteiger charge is 2.10. The number of carbonyl (C=O) groups is 1. The van der Waals surface area contributed by atoms with E-state index in [0.29, 0.717) is 19.6 Å². The normalized spacial score (nSPS) is 11.9. The molecule has 31 heavy (non-hydrogen) atoms. The van der Waals surface area contributed by atoms with E-state index >= 15 is 0 Å². The van der Waals surface area contributed by atoms with Gasteiger partial charge in [0.1, 0.15) is 11.4 Å². The van der Waals surface area contributed by atoms with Crippen LogP contribution in [0, 0.1) is 0 Å². The molecule has 0 fully saturated rings. The van der Waals surface area contributed by atoms with E-state index in [4.69, 9.17) is 22.1 Å². The lowest BCUT2D eigenvalue weighted by atomic mass is 10.0. The van der Waals surface area contributed by atoms with Crippen molar-refractivity contribution in [2.45, 2.75) is 36.8 Å². The molecular formula is C23H26ClN3O3S. The number of benzene rings is 2. The van der Waals surface area contributed by atoms with E-state index in [1.807, 2.05) is 42.5 Å². The molecule has 1 atom stereocenters. The van der Waals surface area contributed by atoms with Gasteiger partial charge in [-0.25, -0.2) is 4.98 Å². The summed E-state index contributed by atoms with van der Waals surface area (Å²) in [7, 11) is 0. The lowest BCUT2D eigenvalue weighted by molar-refractivity contribution is 0.0995. The van der Waals surface area contributed by atoms with E-state index in [9.17, 15) is 9.90 Å². The third-order valence-corrected chi connectivity index (χ3v) is 5.91. The van der Waals surface area contributed by atoms with E-state index in [0.717, 1.165) is 39.8 Å².